The summed E-state index contributed by atoms with van der Waals surface area (Å²) in [5, 5.41) is 3.29. The summed E-state index contributed by atoms with van der Waals surface area (Å²) in [4.78, 5) is 0. The SMILES string of the molecule is CS(=O)(=O)N1CCC(NCc2ccccc2F)CC1. The maximum atomic E-state index is 13.4. The first-order chi connectivity index (χ1) is 8.97. The monoisotopic (exact) mass is 286 g/mol. The van der Waals surface area contributed by atoms with Crippen molar-refractivity contribution in [1.29, 1.82) is 0 Å². The number of piperidine rings is 1. The summed E-state index contributed by atoms with van der Waals surface area (Å²) in [5.74, 6) is -0.205. The average Bonchev–Trinajstić information content (AvgIpc) is 2.37. The predicted octanol–water partition coefficient (Wildman–Crippen LogP) is 1.34. The first kappa shape index (κ1) is 14.4. The Morgan fingerprint density at radius 2 is 1.95 bits per heavy atom. The fraction of sp³-hybridized carbons (Fsp3) is 0.538. The van der Waals surface area contributed by atoms with Crippen LogP contribution in [0, 0.1) is 5.82 Å². The number of halogens is 1. The van der Waals surface area contributed by atoms with Gasteiger partial charge >= 0.3 is 0 Å². The van der Waals surface area contributed by atoms with Crippen LogP contribution >= 0.6 is 0 Å². The molecule has 0 aromatic heterocycles. The molecular weight excluding hydrogens is 267 g/mol. The van der Waals surface area contributed by atoms with E-state index in [9.17, 15) is 12.8 Å². The van der Waals surface area contributed by atoms with Crippen LogP contribution in [-0.4, -0.2) is 38.1 Å². The van der Waals surface area contributed by atoms with Gasteiger partial charge in [-0.1, -0.05) is 18.2 Å². The fourth-order valence-corrected chi connectivity index (χ4v) is 3.16. The molecular formula is C13H19FN2O2S. The molecule has 1 aromatic rings. The van der Waals surface area contributed by atoms with E-state index in [-0.39, 0.29) is 11.9 Å². The molecule has 0 saturated carbocycles. The van der Waals surface area contributed by atoms with Crippen molar-refractivity contribution in [2.75, 3.05) is 19.3 Å². The zero-order valence-electron chi connectivity index (χ0n) is 11.0. The molecule has 1 fully saturated rings. The molecule has 1 saturated heterocycles. The van der Waals surface area contributed by atoms with Crippen LogP contribution in [0.25, 0.3) is 0 Å². The molecule has 1 N–H and O–H groups in total. The molecule has 0 aliphatic carbocycles. The van der Waals surface area contributed by atoms with E-state index in [1.165, 1.54) is 16.6 Å². The molecule has 0 amide bonds. The Morgan fingerprint density at radius 3 is 2.53 bits per heavy atom. The van der Waals surface area contributed by atoms with Gasteiger partial charge in [-0.25, -0.2) is 17.1 Å². The van der Waals surface area contributed by atoms with Crippen LogP contribution < -0.4 is 5.32 Å². The number of sulfonamides is 1. The topological polar surface area (TPSA) is 49.4 Å². The molecule has 2 rings (SSSR count). The lowest BCUT2D eigenvalue weighted by Gasteiger charge is -2.30. The summed E-state index contributed by atoms with van der Waals surface area (Å²) in [7, 11) is -3.08. The van der Waals surface area contributed by atoms with Crippen LogP contribution in [0.4, 0.5) is 4.39 Å². The van der Waals surface area contributed by atoms with E-state index in [4.69, 9.17) is 0 Å². The fourth-order valence-electron chi connectivity index (χ4n) is 2.29. The molecule has 0 unspecified atom stereocenters. The van der Waals surface area contributed by atoms with Crippen LogP contribution in [0.2, 0.25) is 0 Å². The third-order valence-electron chi connectivity index (χ3n) is 3.46. The largest absolute Gasteiger partial charge is 0.310 e. The van der Waals surface area contributed by atoms with E-state index in [2.05, 4.69) is 5.32 Å². The van der Waals surface area contributed by atoms with Crippen molar-refractivity contribution in [1.82, 2.24) is 9.62 Å². The van der Waals surface area contributed by atoms with E-state index in [1.807, 2.05) is 6.07 Å². The third-order valence-corrected chi connectivity index (χ3v) is 4.77. The molecule has 0 atom stereocenters. The van der Waals surface area contributed by atoms with Crippen LogP contribution in [0.5, 0.6) is 0 Å². The molecule has 1 aliphatic rings. The van der Waals surface area contributed by atoms with Crippen molar-refractivity contribution in [3.05, 3.63) is 35.6 Å². The Bertz CT molecular complexity index is 525. The highest BCUT2D eigenvalue weighted by atomic mass is 32.2. The lowest BCUT2D eigenvalue weighted by molar-refractivity contribution is 0.289. The van der Waals surface area contributed by atoms with E-state index in [1.54, 1.807) is 12.1 Å². The standard InChI is InChI=1S/C13H19FN2O2S/c1-19(17,18)16-8-6-12(7-9-16)15-10-11-4-2-3-5-13(11)14/h2-5,12,15H,6-10H2,1H3. The molecule has 1 aliphatic heterocycles. The summed E-state index contributed by atoms with van der Waals surface area (Å²) in [6.45, 7) is 1.55. The Kier molecular flexibility index (Phi) is 4.54. The first-order valence-corrected chi connectivity index (χ1v) is 8.23. The number of hydrogen-bond donors (Lipinski definition) is 1. The van der Waals surface area contributed by atoms with Crippen LogP contribution in [-0.2, 0) is 16.6 Å². The highest BCUT2D eigenvalue weighted by molar-refractivity contribution is 7.88. The van der Waals surface area contributed by atoms with Crippen molar-refractivity contribution in [3.63, 3.8) is 0 Å². The van der Waals surface area contributed by atoms with Gasteiger partial charge in [-0.05, 0) is 18.9 Å². The van der Waals surface area contributed by atoms with Crippen molar-refractivity contribution in [2.24, 2.45) is 0 Å². The molecule has 0 bridgehead atoms. The maximum absolute atomic E-state index is 13.4. The molecule has 6 heteroatoms. The highest BCUT2D eigenvalue weighted by Gasteiger charge is 2.24. The Labute approximate surface area is 113 Å². The van der Waals surface area contributed by atoms with Gasteiger partial charge < -0.3 is 5.32 Å². The van der Waals surface area contributed by atoms with Crippen molar-refractivity contribution >= 4 is 10.0 Å². The normalized spacial score (nSPS) is 18.6. The second kappa shape index (κ2) is 5.98. The Morgan fingerprint density at radius 1 is 1.32 bits per heavy atom. The van der Waals surface area contributed by atoms with Gasteiger partial charge in [0.1, 0.15) is 5.82 Å². The molecule has 0 spiro atoms. The smallest absolute Gasteiger partial charge is 0.211 e. The van der Waals surface area contributed by atoms with Gasteiger partial charge in [0, 0.05) is 31.2 Å². The van der Waals surface area contributed by atoms with Gasteiger partial charge in [0.05, 0.1) is 6.26 Å². The molecule has 1 heterocycles. The minimum absolute atomic E-state index is 0.205. The van der Waals surface area contributed by atoms with Gasteiger partial charge in [-0.2, -0.15) is 0 Å². The summed E-state index contributed by atoms with van der Waals surface area (Å²) in [5.41, 5.74) is 0.646. The molecule has 0 radical (unpaired) electrons. The van der Waals surface area contributed by atoms with Gasteiger partial charge in [0.25, 0.3) is 0 Å². The number of rotatable bonds is 4. The van der Waals surface area contributed by atoms with Gasteiger partial charge in [-0.3, -0.25) is 0 Å². The lowest BCUT2D eigenvalue weighted by Crippen LogP contribution is -2.44. The summed E-state index contributed by atoms with van der Waals surface area (Å²) < 4.78 is 37.7. The third kappa shape index (κ3) is 3.99. The second-order valence-electron chi connectivity index (χ2n) is 4.91. The Hall–Kier alpha value is -0.980. The summed E-state index contributed by atoms with van der Waals surface area (Å²) >= 11 is 0. The molecule has 1 aromatic carbocycles. The number of hydrogen-bond acceptors (Lipinski definition) is 3. The molecule has 4 nitrogen and oxygen atoms in total. The highest BCUT2D eigenvalue weighted by Crippen LogP contribution is 2.14. The van der Waals surface area contributed by atoms with Gasteiger partial charge in [0.15, 0.2) is 0 Å². The van der Waals surface area contributed by atoms with Gasteiger partial charge in [-0.15, -0.1) is 0 Å². The van der Waals surface area contributed by atoms with E-state index in [0.29, 0.717) is 25.2 Å². The van der Waals surface area contributed by atoms with Crippen molar-refractivity contribution in [2.45, 2.75) is 25.4 Å². The minimum Gasteiger partial charge on any atom is -0.310 e. The summed E-state index contributed by atoms with van der Waals surface area (Å²) in [6, 6.07) is 6.94. The zero-order valence-corrected chi connectivity index (χ0v) is 11.8. The zero-order chi connectivity index (χ0) is 13.9. The molecule has 106 valence electrons. The van der Waals surface area contributed by atoms with Crippen molar-refractivity contribution < 1.29 is 12.8 Å². The number of nitrogens with one attached hydrogen (secondary N) is 1. The van der Waals surface area contributed by atoms with E-state index in [0.717, 1.165) is 12.8 Å². The molecule has 19 heavy (non-hydrogen) atoms. The average molecular weight is 286 g/mol. The van der Waals surface area contributed by atoms with Crippen LogP contribution in [0.15, 0.2) is 24.3 Å². The van der Waals surface area contributed by atoms with Gasteiger partial charge in [0.2, 0.25) is 10.0 Å². The van der Waals surface area contributed by atoms with Crippen LogP contribution in [0.1, 0.15) is 18.4 Å². The quantitative estimate of drug-likeness (QED) is 0.908. The predicted molar refractivity (Wildman–Crippen MR) is 72.7 cm³/mol. The summed E-state index contributed by atoms with van der Waals surface area (Å²) in [6.07, 6.45) is 2.77. The van der Waals surface area contributed by atoms with E-state index < -0.39 is 10.0 Å². The van der Waals surface area contributed by atoms with Crippen LogP contribution in [0.3, 0.4) is 0 Å². The number of nitrogens with zero attached hydrogens (tertiary/aromatic N) is 1. The second-order valence-corrected chi connectivity index (χ2v) is 6.89. The maximum Gasteiger partial charge on any atom is 0.211 e. The first-order valence-electron chi connectivity index (χ1n) is 6.39. The minimum atomic E-state index is -3.08. The number of benzene rings is 1. The van der Waals surface area contributed by atoms with Crippen molar-refractivity contribution in [3.8, 4) is 0 Å². The van der Waals surface area contributed by atoms with E-state index >= 15 is 0 Å². The lowest BCUT2D eigenvalue weighted by atomic mass is 10.1. The Balaban J connectivity index is 1.82.